The van der Waals surface area contributed by atoms with E-state index in [9.17, 15) is 9.59 Å². The Hall–Kier alpha value is -1.68. The number of nitrogens with zero attached hydrogens (tertiary/aromatic N) is 1. The molecule has 1 aromatic carbocycles. The van der Waals surface area contributed by atoms with Crippen molar-refractivity contribution in [3.8, 4) is 0 Å². The summed E-state index contributed by atoms with van der Waals surface area (Å²) in [6.45, 7) is 3.64. The molecule has 1 aromatic rings. The minimum absolute atomic E-state index is 0.0901. The molecule has 0 spiro atoms. The van der Waals surface area contributed by atoms with Crippen molar-refractivity contribution >= 4 is 11.7 Å². The highest BCUT2D eigenvalue weighted by Crippen LogP contribution is 2.23. The SMILES string of the molecule is CC(C(=O)NC1CCCCC1)N1CCC(C(=O)c2ccccc2)CC1. The molecule has 2 fully saturated rings. The summed E-state index contributed by atoms with van der Waals surface area (Å²) in [6, 6.07) is 9.83. The Labute approximate surface area is 151 Å². The molecule has 1 aliphatic carbocycles. The average molecular weight is 342 g/mol. The number of likely N-dealkylation sites (tertiary alicyclic amines) is 1. The van der Waals surface area contributed by atoms with Crippen LogP contribution >= 0.6 is 0 Å². The average Bonchev–Trinajstić information content (AvgIpc) is 2.68. The number of rotatable bonds is 5. The van der Waals surface area contributed by atoms with Crippen molar-refractivity contribution in [3.63, 3.8) is 0 Å². The topological polar surface area (TPSA) is 49.4 Å². The van der Waals surface area contributed by atoms with E-state index in [4.69, 9.17) is 0 Å². The first-order valence-corrected chi connectivity index (χ1v) is 9.79. The number of hydrogen-bond donors (Lipinski definition) is 1. The maximum Gasteiger partial charge on any atom is 0.237 e. The Balaban J connectivity index is 1.47. The molecule has 1 N–H and O–H groups in total. The van der Waals surface area contributed by atoms with Gasteiger partial charge in [0.25, 0.3) is 0 Å². The Bertz CT molecular complexity index is 573. The second kappa shape index (κ2) is 8.61. The van der Waals surface area contributed by atoms with Gasteiger partial charge in [0.2, 0.25) is 5.91 Å². The highest BCUT2D eigenvalue weighted by atomic mass is 16.2. The minimum atomic E-state index is -0.102. The lowest BCUT2D eigenvalue weighted by molar-refractivity contribution is -0.127. The van der Waals surface area contributed by atoms with E-state index >= 15 is 0 Å². The highest BCUT2D eigenvalue weighted by Gasteiger charge is 2.30. The molecule has 25 heavy (non-hydrogen) atoms. The first kappa shape index (κ1) is 18.1. The summed E-state index contributed by atoms with van der Waals surface area (Å²) < 4.78 is 0. The van der Waals surface area contributed by atoms with Gasteiger partial charge in [-0.05, 0) is 45.7 Å². The number of carbonyl (C=O) groups is 2. The van der Waals surface area contributed by atoms with Crippen LogP contribution in [0, 0.1) is 5.92 Å². The van der Waals surface area contributed by atoms with Gasteiger partial charge in [-0.25, -0.2) is 0 Å². The normalized spacial score (nSPS) is 21.6. The van der Waals surface area contributed by atoms with Gasteiger partial charge < -0.3 is 5.32 Å². The van der Waals surface area contributed by atoms with Gasteiger partial charge in [0, 0.05) is 17.5 Å². The number of piperidine rings is 1. The third-order valence-electron chi connectivity index (χ3n) is 5.84. The van der Waals surface area contributed by atoms with E-state index in [0.717, 1.165) is 44.3 Å². The van der Waals surface area contributed by atoms with Crippen molar-refractivity contribution in [2.45, 2.75) is 64.0 Å². The summed E-state index contributed by atoms with van der Waals surface area (Å²) in [5, 5.41) is 3.23. The van der Waals surface area contributed by atoms with E-state index < -0.39 is 0 Å². The van der Waals surface area contributed by atoms with Gasteiger partial charge in [0.1, 0.15) is 0 Å². The van der Waals surface area contributed by atoms with Gasteiger partial charge in [0.15, 0.2) is 5.78 Å². The highest BCUT2D eigenvalue weighted by molar-refractivity contribution is 5.97. The lowest BCUT2D eigenvalue weighted by Gasteiger charge is -2.35. The van der Waals surface area contributed by atoms with E-state index in [1.54, 1.807) is 0 Å². The molecule has 1 atom stereocenters. The van der Waals surface area contributed by atoms with Crippen molar-refractivity contribution in [1.82, 2.24) is 10.2 Å². The third kappa shape index (κ3) is 4.69. The van der Waals surface area contributed by atoms with Crippen molar-refractivity contribution in [2.75, 3.05) is 13.1 Å². The maximum absolute atomic E-state index is 12.6. The number of hydrogen-bond acceptors (Lipinski definition) is 3. The summed E-state index contributed by atoms with van der Waals surface area (Å²) in [5.74, 6) is 0.492. The minimum Gasteiger partial charge on any atom is -0.352 e. The first-order valence-electron chi connectivity index (χ1n) is 9.79. The van der Waals surface area contributed by atoms with Crippen molar-refractivity contribution in [1.29, 1.82) is 0 Å². The van der Waals surface area contributed by atoms with E-state index in [2.05, 4.69) is 10.2 Å². The van der Waals surface area contributed by atoms with Crippen molar-refractivity contribution < 1.29 is 9.59 Å². The zero-order chi connectivity index (χ0) is 17.6. The van der Waals surface area contributed by atoms with Crippen LogP contribution in [0.2, 0.25) is 0 Å². The Kier molecular flexibility index (Phi) is 6.24. The van der Waals surface area contributed by atoms with Crippen LogP contribution in [-0.2, 0) is 4.79 Å². The molecule has 2 aliphatic rings. The summed E-state index contributed by atoms with van der Waals surface area (Å²) >= 11 is 0. The van der Waals surface area contributed by atoms with Crippen LogP contribution in [0.4, 0.5) is 0 Å². The van der Waals surface area contributed by atoms with Gasteiger partial charge >= 0.3 is 0 Å². The molecule has 1 saturated heterocycles. The fourth-order valence-electron chi connectivity index (χ4n) is 4.12. The second-order valence-electron chi connectivity index (χ2n) is 7.56. The zero-order valence-electron chi connectivity index (χ0n) is 15.2. The molecule has 1 unspecified atom stereocenters. The van der Waals surface area contributed by atoms with Gasteiger partial charge in [-0.15, -0.1) is 0 Å². The molecule has 1 amide bonds. The Morgan fingerprint density at radius 2 is 1.64 bits per heavy atom. The van der Waals surface area contributed by atoms with E-state index in [0.29, 0.717) is 6.04 Å². The zero-order valence-corrected chi connectivity index (χ0v) is 15.2. The predicted octanol–water partition coefficient (Wildman–Crippen LogP) is 3.42. The number of carbonyl (C=O) groups excluding carboxylic acids is 2. The first-order chi connectivity index (χ1) is 12.1. The maximum atomic E-state index is 12.6. The quantitative estimate of drug-likeness (QED) is 0.834. The lowest BCUT2D eigenvalue weighted by atomic mass is 9.88. The summed E-state index contributed by atoms with van der Waals surface area (Å²) in [6.07, 6.45) is 7.67. The number of ketones is 1. The molecule has 4 heteroatoms. The van der Waals surface area contributed by atoms with Crippen LogP contribution in [0.5, 0.6) is 0 Å². The number of Topliss-reactive ketones (excluding diaryl/α,β-unsaturated/α-hetero) is 1. The predicted molar refractivity (Wildman–Crippen MR) is 99.5 cm³/mol. The molecule has 0 radical (unpaired) electrons. The summed E-state index contributed by atoms with van der Waals surface area (Å²) in [7, 11) is 0. The van der Waals surface area contributed by atoms with Gasteiger partial charge in [-0.2, -0.15) is 0 Å². The molecule has 1 aliphatic heterocycles. The number of nitrogens with one attached hydrogen (secondary N) is 1. The molecule has 136 valence electrons. The van der Waals surface area contributed by atoms with Crippen LogP contribution in [0.25, 0.3) is 0 Å². The van der Waals surface area contributed by atoms with Gasteiger partial charge in [-0.3, -0.25) is 14.5 Å². The fraction of sp³-hybridized carbons (Fsp3) is 0.619. The van der Waals surface area contributed by atoms with Crippen LogP contribution in [-0.4, -0.2) is 41.8 Å². The summed E-state index contributed by atoms with van der Waals surface area (Å²) in [4.78, 5) is 27.3. The number of amides is 1. The molecular weight excluding hydrogens is 312 g/mol. The molecule has 1 saturated carbocycles. The van der Waals surface area contributed by atoms with E-state index in [-0.39, 0.29) is 23.7 Å². The van der Waals surface area contributed by atoms with Crippen molar-refractivity contribution in [3.05, 3.63) is 35.9 Å². The third-order valence-corrected chi connectivity index (χ3v) is 5.84. The molecule has 1 heterocycles. The van der Waals surface area contributed by atoms with Gasteiger partial charge in [0.05, 0.1) is 6.04 Å². The fourth-order valence-corrected chi connectivity index (χ4v) is 4.12. The number of benzene rings is 1. The van der Waals surface area contributed by atoms with Crippen molar-refractivity contribution in [2.24, 2.45) is 5.92 Å². The lowest BCUT2D eigenvalue weighted by Crippen LogP contribution is -2.51. The molecule has 3 rings (SSSR count). The van der Waals surface area contributed by atoms with E-state index in [1.807, 2.05) is 37.3 Å². The summed E-state index contributed by atoms with van der Waals surface area (Å²) in [5.41, 5.74) is 0.809. The van der Waals surface area contributed by atoms with Crippen LogP contribution in [0.1, 0.15) is 62.2 Å². The largest absolute Gasteiger partial charge is 0.352 e. The van der Waals surface area contributed by atoms with Crippen LogP contribution in [0.3, 0.4) is 0 Å². The molecular formula is C21H30N2O2. The molecule has 0 aromatic heterocycles. The standard InChI is InChI=1S/C21H30N2O2/c1-16(21(25)22-19-10-6-3-7-11-19)23-14-12-18(13-15-23)20(24)17-8-4-2-5-9-17/h2,4-5,8-9,16,18-19H,3,6-7,10-15H2,1H3,(H,22,25). The van der Waals surface area contributed by atoms with Crippen LogP contribution < -0.4 is 5.32 Å². The Morgan fingerprint density at radius 1 is 1.00 bits per heavy atom. The molecule has 4 nitrogen and oxygen atoms in total. The molecule has 0 bridgehead atoms. The monoisotopic (exact) mass is 342 g/mol. The Morgan fingerprint density at radius 3 is 2.28 bits per heavy atom. The smallest absolute Gasteiger partial charge is 0.237 e. The van der Waals surface area contributed by atoms with Gasteiger partial charge in [-0.1, -0.05) is 49.6 Å². The van der Waals surface area contributed by atoms with Crippen LogP contribution in [0.15, 0.2) is 30.3 Å². The second-order valence-corrected chi connectivity index (χ2v) is 7.56. The van der Waals surface area contributed by atoms with E-state index in [1.165, 1.54) is 19.3 Å².